The zero-order valence-corrected chi connectivity index (χ0v) is 17.2. The van der Waals surface area contributed by atoms with Gasteiger partial charge in [0.05, 0.1) is 22.7 Å². The average molecular weight is 453 g/mol. The fourth-order valence-corrected chi connectivity index (χ4v) is 3.73. The number of sulfonamides is 1. The molecule has 2 N–H and O–H groups in total. The predicted molar refractivity (Wildman–Crippen MR) is 111 cm³/mol. The molecule has 0 saturated heterocycles. The van der Waals surface area contributed by atoms with E-state index in [1.165, 1.54) is 61.9 Å². The lowest BCUT2D eigenvalue weighted by Gasteiger charge is -2.07. The van der Waals surface area contributed by atoms with Gasteiger partial charge in [-0.25, -0.2) is 8.42 Å². The molecule has 3 aromatic rings. The Kier molecular flexibility index (Phi) is 6.21. The number of aromatic nitrogens is 2. The van der Waals surface area contributed by atoms with Crippen molar-refractivity contribution in [1.29, 1.82) is 0 Å². The maximum atomic E-state index is 12.5. The second kappa shape index (κ2) is 8.64. The Morgan fingerprint density at radius 3 is 2.45 bits per heavy atom. The first-order chi connectivity index (χ1) is 13.8. The summed E-state index contributed by atoms with van der Waals surface area (Å²) in [6.07, 6.45) is 1.38. The molecule has 29 heavy (non-hydrogen) atoms. The third kappa shape index (κ3) is 5.14. The first-order valence-corrected chi connectivity index (χ1v) is 10.2. The lowest BCUT2D eigenvalue weighted by Crippen LogP contribution is -2.14. The summed E-state index contributed by atoms with van der Waals surface area (Å²) in [5.74, 6) is 0.173. The molecule has 0 amide bonds. The van der Waals surface area contributed by atoms with Gasteiger partial charge in [-0.15, -0.1) is 10.2 Å². The molecule has 0 bridgehead atoms. The van der Waals surface area contributed by atoms with Crippen LogP contribution in [0.3, 0.4) is 0 Å². The van der Waals surface area contributed by atoms with Gasteiger partial charge in [0.25, 0.3) is 10.0 Å². The molecule has 11 heteroatoms. The molecule has 1 aromatic heterocycles. The molecular formula is C18H14Cl2N4O4S. The van der Waals surface area contributed by atoms with E-state index in [1.54, 1.807) is 0 Å². The summed E-state index contributed by atoms with van der Waals surface area (Å²) >= 11 is 11.8. The van der Waals surface area contributed by atoms with E-state index in [2.05, 4.69) is 19.9 Å². The van der Waals surface area contributed by atoms with Crippen molar-refractivity contribution in [3.63, 3.8) is 0 Å². The summed E-state index contributed by atoms with van der Waals surface area (Å²) in [5.41, 5.74) is 0.794. The number of nitrogens with one attached hydrogen (secondary N) is 1. The Bertz CT molecular complexity index is 1150. The van der Waals surface area contributed by atoms with Crippen LogP contribution >= 0.6 is 23.2 Å². The van der Waals surface area contributed by atoms with Gasteiger partial charge in [-0.3, -0.25) is 9.71 Å². The summed E-state index contributed by atoms with van der Waals surface area (Å²) in [6.45, 7) is 0. The highest BCUT2D eigenvalue weighted by molar-refractivity contribution is 7.92. The first-order valence-electron chi connectivity index (χ1n) is 8.01. The smallest absolute Gasteiger partial charge is 0.263 e. The van der Waals surface area contributed by atoms with Crippen molar-refractivity contribution in [2.75, 3.05) is 11.8 Å². The topological polar surface area (TPSA) is 114 Å². The van der Waals surface area contributed by atoms with Crippen molar-refractivity contribution < 1.29 is 18.3 Å². The van der Waals surface area contributed by atoms with Crippen LogP contribution in [-0.4, -0.2) is 37.0 Å². The number of aliphatic imine (C=N–C) groups is 1. The minimum atomic E-state index is -3.85. The molecule has 0 fully saturated rings. The van der Waals surface area contributed by atoms with Crippen LogP contribution < -0.4 is 9.46 Å². The number of phenolic OH excluding ortho intramolecular Hbond substituents is 1. The van der Waals surface area contributed by atoms with Crippen LogP contribution in [0, 0.1) is 0 Å². The summed E-state index contributed by atoms with van der Waals surface area (Å²) in [4.78, 5) is 4.21. The summed E-state index contributed by atoms with van der Waals surface area (Å²) in [6, 6.07) is 11.6. The molecule has 0 aliphatic carbocycles. The number of anilines is 1. The van der Waals surface area contributed by atoms with Crippen LogP contribution in [0.5, 0.6) is 11.6 Å². The third-order valence-corrected chi connectivity index (χ3v) is 5.52. The molecule has 8 nitrogen and oxygen atoms in total. The zero-order chi connectivity index (χ0) is 21.0. The quantitative estimate of drug-likeness (QED) is 0.545. The van der Waals surface area contributed by atoms with Gasteiger partial charge >= 0.3 is 0 Å². The van der Waals surface area contributed by atoms with E-state index >= 15 is 0 Å². The fraction of sp³-hybridized carbons (Fsp3) is 0.0556. The van der Waals surface area contributed by atoms with Gasteiger partial charge in [0.2, 0.25) is 5.88 Å². The normalized spacial score (nSPS) is 11.6. The maximum absolute atomic E-state index is 12.5. The monoisotopic (exact) mass is 452 g/mol. The molecule has 0 atom stereocenters. The van der Waals surface area contributed by atoms with Gasteiger partial charge < -0.3 is 9.84 Å². The molecule has 0 radical (unpaired) electrons. The molecule has 0 unspecified atom stereocenters. The molecule has 0 saturated carbocycles. The van der Waals surface area contributed by atoms with E-state index in [0.29, 0.717) is 16.3 Å². The minimum Gasteiger partial charge on any atom is -0.506 e. The van der Waals surface area contributed by atoms with Crippen LogP contribution in [0.1, 0.15) is 5.56 Å². The molecule has 3 rings (SSSR count). The third-order valence-electron chi connectivity index (χ3n) is 3.65. The van der Waals surface area contributed by atoms with E-state index < -0.39 is 10.0 Å². The van der Waals surface area contributed by atoms with Gasteiger partial charge in [0.15, 0.2) is 5.82 Å². The first kappa shape index (κ1) is 20.8. The molecule has 1 heterocycles. The zero-order valence-electron chi connectivity index (χ0n) is 14.9. The van der Waals surface area contributed by atoms with Crippen LogP contribution in [-0.2, 0) is 10.0 Å². The number of methoxy groups -OCH3 is 1. The highest BCUT2D eigenvalue weighted by atomic mass is 35.5. The molecule has 150 valence electrons. The molecule has 0 spiro atoms. The molecule has 0 aliphatic rings. The Hall–Kier alpha value is -2.88. The van der Waals surface area contributed by atoms with Crippen LogP contribution in [0.2, 0.25) is 10.0 Å². The number of aromatic hydroxyl groups is 1. The summed E-state index contributed by atoms with van der Waals surface area (Å²) < 4.78 is 32.1. The van der Waals surface area contributed by atoms with Gasteiger partial charge in [-0.1, -0.05) is 23.2 Å². The van der Waals surface area contributed by atoms with Gasteiger partial charge in [0.1, 0.15) is 5.75 Å². The van der Waals surface area contributed by atoms with E-state index in [-0.39, 0.29) is 27.4 Å². The average Bonchev–Trinajstić information content (AvgIpc) is 2.70. The number of halogens is 2. The van der Waals surface area contributed by atoms with Gasteiger partial charge in [-0.2, -0.15) is 0 Å². The minimum absolute atomic E-state index is 0.0164. The second-order valence-electron chi connectivity index (χ2n) is 5.64. The van der Waals surface area contributed by atoms with E-state index in [0.717, 1.165) is 0 Å². The maximum Gasteiger partial charge on any atom is 0.263 e. The Labute approximate surface area is 176 Å². The van der Waals surface area contributed by atoms with Gasteiger partial charge in [0, 0.05) is 22.9 Å². The summed E-state index contributed by atoms with van der Waals surface area (Å²) in [7, 11) is -2.42. The molecule has 2 aromatic carbocycles. The van der Waals surface area contributed by atoms with E-state index in [1.807, 2.05) is 0 Å². The predicted octanol–water partition coefficient (Wildman–Crippen LogP) is 4.05. The lowest BCUT2D eigenvalue weighted by atomic mass is 10.2. The van der Waals surface area contributed by atoms with Crippen molar-refractivity contribution in [1.82, 2.24) is 10.2 Å². The number of hydrogen-bond acceptors (Lipinski definition) is 7. The van der Waals surface area contributed by atoms with Crippen LogP contribution in [0.15, 0.2) is 58.4 Å². The van der Waals surface area contributed by atoms with E-state index in [9.17, 15) is 13.5 Å². The van der Waals surface area contributed by atoms with Crippen molar-refractivity contribution >= 4 is 50.9 Å². The van der Waals surface area contributed by atoms with Gasteiger partial charge in [-0.05, 0) is 42.5 Å². The molecule has 0 aliphatic heterocycles. The van der Waals surface area contributed by atoms with Crippen molar-refractivity contribution in [2.24, 2.45) is 4.99 Å². The van der Waals surface area contributed by atoms with E-state index in [4.69, 9.17) is 27.9 Å². The fourth-order valence-electron chi connectivity index (χ4n) is 2.22. The Balaban J connectivity index is 1.77. The Morgan fingerprint density at radius 2 is 1.83 bits per heavy atom. The number of rotatable bonds is 6. The van der Waals surface area contributed by atoms with Crippen molar-refractivity contribution in [3.05, 3.63) is 64.1 Å². The van der Waals surface area contributed by atoms with Crippen LogP contribution in [0.4, 0.5) is 11.5 Å². The highest BCUT2D eigenvalue weighted by Crippen LogP contribution is 2.30. The summed E-state index contributed by atoms with van der Waals surface area (Å²) in [5, 5.41) is 17.8. The standard InChI is InChI=1S/C18H14Cl2N4O4S/c1-28-17-7-6-16(22-23-17)24-29(26,27)14-4-2-13(3-5-14)21-10-11-8-12(19)9-15(20)18(11)25/h2-10,25H,1H3,(H,22,24). The largest absolute Gasteiger partial charge is 0.506 e. The number of nitrogens with zero attached hydrogens (tertiary/aromatic N) is 3. The number of ether oxygens (including phenoxy) is 1. The highest BCUT2D eigenvalue weighted by Gasteiger charge is 2.15. The van der Waals surface area contributed by atoms with Crippen molar-refractivity contribution in [2.45, 2.75) is 4.90 Å². The number of benzene rings is 2. The Morgan fingerprint density at radius 1 is 1.10 bits per heavy atom. The number of phenols is 1. The second-order valence-corrected chi connectivity index (χ2v) is 8.17. The lowest BCUT2D eigenvalue weighted by molar-refractivity contribution is 0.392. The van der Waals surface area contributed by atoms with Crippen molar-refractivity contribution in [3.8, 4) is 11.6 Å². The molecular weight excluding hydrogens is 439 g/mol. The van der Waals surface area contributed by atoms with Crippen LogP contribution in [0.25, 0.3) is 0 Å². The number of hydrogen-bond donors (Lipinski definition) is 2. The SMILES string of the molecule is COc1ccc(NS(=O)(=O)c2ccc(N=Cc3cc(Cl)cc(Cl)c3O)cc2)nn1.